The van der Waals surface area contributed by atoms with E-state index < -0.39 is 0 Å². The lowest BCUT2D eigenvalue weighted by Crippen LogP contribution is -1.99. The number of anilines is 2. The van der Waals surface area contributed by atoms with E-state index in [0.29, 0.717) is 30.5 Å². The van der Waals surface area contributed by atoms with Crippen molar-refractivity contribution in [2.45, 2.75) is 0 Å². The first kappa shape index (κ1) is 15.4. The molecule has 112 valence electrons. The Morgan fingerprint density at radius 1 is 1.14 bits per heavy atom. The molecule has 0 atom stereocenters. The maximum atomic E-state index is 13.7. The molecule has 2 aromatic carbocycles. The molecule has 0 saturated carbocycles. The van der Waals surface area contributed by atoms with E-state index in [1.54, 1.807) is 41.1 Å². The molecule has 0 spiro atoms. The molecule has 3 aromatic rings. The zero-order chi connectivity index (χ0) is 15.7. The first-order valence-corrected chi connectivity index (χ1v) is 8.10. The lowest BCUT2D eigenvalue weighted by atomic mass is 10.3. The normalized spacial score (nSPS) is 10.7. The molecule has 22 heavy (non-hydrogen) atoms. The van der Waals surface area contributed by atoms with Gasteiger partial charge in [-0.15, -0.1) is 5.10 Å². The summed E-state index contributed by atoms with van der Waals surface area (Å²) in [5.74, 6) is -0.357. The van der Waals surface area contributed by atoms with Crippen molar-refractivity contribution in [2.75, 3.05) is 5.32 Å². The van der Waals surface area contributed by atoms with Crippen LogP contribution in [0.3, 0.4) is 0 Å². The van der Waals surface area contributed by atoms with Crippen LogP contribution in [-0.4, -0.2) is 9.78 Å². The van der Waals surface area contributed by atoms with Gasteiger partial charge in [-0.2, -0.15) is 0 Å². The summed E-state index contributed by atoms with van der Waals surface area (Å²) in [4.78, 5) is 0. The monoisotopic (exact) mass is 371 g/mol. The Morgan fingerprint density at radius 3 is 2.64 bits per heavy atom. The van der Waals surface area contributed by atoms with Gasteiger partial charge in [0.15, 0.2) is 3.95 Å². The van der Waals surface area contributed by atoms with Gasteiger partial charge in [0.05, 0.1) is 21.4 Å². The van der Waals surface area contributed by atoms with E-state index in [4.69, 9.17) is 35.4 Å². The molecule has 1 aromatic heterocycles. The number of hydrogen-bond acceptors (Lipinski definition) is 4. The molecule has 0 aliphatic carbocycles. The summed E-state index contributed by atoms with van der Waals surface area (Å²) in [5.41, 5.74) is 1.03. The summed E-state index contributed by atoms with van der Waals surface area (Å²) in [7, 11) is 0. The molecule has 0 bridgehead atoms. The lowest BCUT2D eigenvalue weighted by molar-refractivity contribution is 0.632. The fourth-order valence-electron chi connectivity index (χ4n) is 1.79. The topological polar surface area (TPSA) is 29.9 Å². The summed E-state index contributed by atoms with van der Waals surface area (Å²) in [6.45, 7) is 0. The van der Waals surface area contributed by atoms with Crippen LogP contribution in [0.15, 0.2) is 42.5 Å². The van der Waals surface area contributed by atoms with Crippen molar-refractivity contribution in [1.82, 2.24) is 9.78 Å². The van der Waals surface area contributed by atoms with E-state index in [-0.39, 0.29) is 5.82 Å². The van der Waals surface area contributed by atoms with E-state index >= 15 is 0 Å². The first-order valence-electron chi connectivity index (χ1n) is 6.12. The van der Waals surface area contributed by atoms with Crippen molar-refractivity contribution < 1.29 is 4.39 Å². The van der Waals surface area contributed by atoms with Gasteiger partial charge in [0.2, 0.25) is 5.13 Å². The minimum atomic E-state index is -0.357. The van der Waals surface area contributed by atoms with Crippen molar-refractivity contribution >= 4 is 57.6 Å². The molecule has 0 aliphatic rings. The molecule has 0 fully saturated rings. The molecule has 0 aliphatic heterocycles. The number of para-hydroxylation sites is 1. The Labute approximate surface area is 144 Å². The number of aromatic nitrogens is 2. The van der Waals surface area contributed by atoms with E-state index in [0.717, 1.165) is 0 Å². The zero-order valence-electron chi connectivity index (χ0n) is 10.9. The fourth-order valence-corrected chi connectivity index (χ4v) is 3.14. The van der Waals surface area contributed by atoms with Crippen LogP contribution in [-0.2, 0) is 0 Å². The van der Waals surface area contributed by atoms with Gasteiger partial charge in [0.25, 0.3) is 0 Å². The Bertz CT molecular complexity index is 892. The predicted octanol–water partition coefficient (Wildman–Crippen LogP) is 5.85. The van der Waals surface area contributed by atoms with Crippen molar-refractivity contribution in [3.8, 4) is 5.69 Å². The van der Waals surface area contributed by atoms with Crippen molar-refractivity contribution in [3.05, 3.63) is 62.3 Å². The Hall–Kier alpha value is -1.47. The highest BCUT2D eigenvalue weighted by Gasteiger charge is 2.09. The molecule has 1 N–H and O–H groups in total. The van der Waals surface area contributed by atoms with Gasteiger partial charge in [-0.05, 0) is 42.5 Å². The number of hydrogen-bond donors (Lipinski definition) is 1. The molecule has 0 saturated heterocycles. The van der Waals surface area contributed by atoms with Crippen LogP contribution in [0.5, 0.6) is 0 Å². The molecule has 1 heterocycles. The highest BCUT2D eigenvalue weighted by Crippen LogP contribution is 2.27. The second-order valence-electron chi connectivity index (χ2n) is 4.29. The summed E-state index contributed by atoms with van der Waals surface area (Å²) in [6, 6.07) is 11.5. The molecule has 3 nitrogen and oxygen atoms in total. The highest BCUT2D eigenvalue weighted by molar-refractivity contribution is 7.73. The maximum absolute atomic E-state index is 13.7. The standard InChI is InChI=1S/C14H8Cl2FN3S2/c15-9-6-5-8(7-10(9)16)20-14(21)22-13(19-20)18-12-4-2-1-3-11(12)17/h1-7H,(H,18,19). The second-order valence-corrected chi connectivity index (χ2v) is 6.73. The minimum Gasteiger partial charge on any atom is -0.328 e. The van der Waals surface area contributed by atoms with Gasteiger partial charge >= 0.3 is 0 Å². The van der Waals surface area contributed by atoms with Crippen molar-refractivity contribution in [3.63, 3.8) is 0 Å². The van der Waals surface area contributed by atoms with Crippen LogP contribution in [0.1, 0.15) is 0 Å². The average molecular weight is 372 g/mol. The molecule has 0 radical (unpaired) electrons. The van der Waals surface area contributed by atoms with Crippen molar-refractivity contribution in [1.29, 1.82) is 0 Å². The third kappa shape index (κ3) is 3.15. The van der Waals surface area contributed by atoms with Gasteiger partial charge in [-0.25, -0.2) is 9.07 Å². The van der Waals surface area contributed by atoms with E-state index in [9.17, 15) is 4.39 Å². The van der Waals surface area contributed by atoms with Gasteiger partial charge in [0, 0.05) is 0 Å². The quantitative estimate of drug-likeness (QED) is 0.585. The Kier molecular flexibility index (Phi) is 4.44. The predicted molar refractivity (Wildman–Crippen MR) is 92.0 cm³/mol. The van der Waals surface area contributed by atoms with Crippen LogP contribution in [0.4, 0.5) is 15.2 Å². The van der Waals surface area contributed by atoms with Gasteiger partial charge in [0.1, 0.15) is 5.82 Å². The number of nitrogens with zero attached hydrogens (tertiary/aromatic N) is 2. The third-order valence-electron chi connectivity index (χ3n) is 2.81. The zero-order valence-corrected chi connectivity index (χ0v) is 14.0. The third-order valence-corrected chi connectivity index (χ3v) is 4.70. The van der Waals surface area contributed by atoms with E-state index in [2.05, 4.69) is 10.4 Å². The average Bonchev–Trinajstić information content (AvgIpc) is 2.85. The first-order chi connectivity index (χ1) is 10.5. The SMILES string of the molecule is Fc1ccccc1Nc1nn(-c2ccc(Cl)c(Cl)c2)c(=S)s1. The molecule has 3 rings (SSSR count). The summed E-state index contributed by atoms with van der Waals surface area (Å²) in [6.07, 6.45) is 0. The largest absolute Gasteiger partial charge is 0.328 e. The van der Waals surface area contributed by atoms with Crippen LogP contribution < -0.4 is 5.32 Å². The number of halogens is 3. The fraction of sp³-hybridized carbons (Fsp3) is 0. The van der Waals surface area contributed by atoms with Gasteiger partial charge in [-0.1, -0.05) is 46.7 Å². The molecule has 0 amide bonds. The highest BCUT2D eigenvalue weighted by atomic mass is 35.5. The van der Waals surface area contributed by atoms with Gasteiger partial charge in [-0.3, -0.25) is 0 Å². The van der Waals surface area contributed by atoms with Crippen LogP contribution in [0.2, 0.25) is 10.0 Å². The Morgan fingerprint density at radius 2 is 1.91 bits per heavy atom. The number of nitrogens with one attached hydrogen (secondary N) is 1. The van der Waals surface area contributed by atoms with Gasteiger partial charge < -0.3 is 5.32 Å². The second kappa shape index (κ2) is 6.34. The number of rotatable bonds is 3. The van der Waals surface area contributed by atoms with Crippen LogP contribution in [0, 0.1) is 9.77 Å². The lowest BCUT2D eigenvalue weighted by Gasteiger charge is -2.04. The minimum absolute atomic E-state index is 0.340. The Balaban J connectivity index is 1.96. The molecule has 0 unspecified atom stereocenters. The maximum Gasteiger partial charge on any atom is 0.209 e. The van der Waals surface area contributed by atoms with Crippen LogP contribution >= 0.6 is 46.8 Å². The molecule has 8 heteroatoms. The van der Waals surface area contributed by atoms with Crippen molar-refractivity contribution in [2.24, 2.45) is 0 Å². The summed E-state index contributed by atoms with van der Waals surface area (Å²) < 4.78 is 15.7. The van der Waals surface area contributed by atoms with E-state index in [1.165, 1.54) is 17.4 Å². The van der Waals surface area contributed by atoms with Crippen LogP contribution in [0.25, 0.3) is 5.69 Å². The molecular formula is C14H8Cl2FN3S2. The summed E-state index contributed by atoms with van der Waals surface area (Å²) in [5, 5.41) is 8.61. The smallest absolute Gasteiger partial charge is 0.209 e. The molecular weight excluding hydrogens is 364 g/mol. The number of benzene rings is 2. The van der Waals surface area contributed by atoms with E-state index in [1.807, 2.05) is 0 Å². The summed E-state index contributed by atoms with van der Waals surface area (Å²) >= 11 is 18.4.